The molecule has 1 atom stereocenters. The first-order valence-corrected chi connectivity index (χ1v) is 10.3. The SMILES string of the molecule is O=C(NCC1CCCCO1)c1ccc2cnc(NC3CCC(O)CC3)nc2c1. The predicted molar refractivity (Wildman–Crippen MR) is 107 cm³/mol. The Balaban J connectivity index is 1.41. The number of aromatic nitrogens is 2. The van der Waals surface area contributed by atoms with Crippen LogP contribution in [0.2, 0.25) is 0 Å². The minimum absolute atomic E-state index is 0.106. The minimum Gasteiger partial charge on any atom is -0.393 e. The zero-order chi connectivity index (χ0) is 19.3. The van der Waals surface area contributed by atoms with Gasteiger partial charge in [0, 0.05) is 36.3 Å². The van der Waals surface area contributed by atoms with E-state index in [4.69, 9.17) is 4.74 Å². The highest BCUT2D eigenvalue weighted by atomic mass is 16.5. The highest BCUT2D eigenvalue weighted by molar-refractivity contribution is 5.97. The van der Waals surface area contributed by atoms with Gasteiger partial charge in [0.25, 0.3) is 5.91 Å². The van der Waals surface area contributed by atoms with E-state index < -0.39 is 0 Å². The van der Waals surface area contributed by atoms with E-state index in [1.54, 1.807) is 12.3 Å². The molecule has 1 unspecified atom stereocenters. The Labute approximate surface area is 164 Å². The van der Waals surface area contributed by atoms with E-state index in [1.807, 2.05) is 12.1 Å². The average molecular weight is 384 g/mol. The Morgan fingerprint density at radius 1 is 1.18 bits per heavy atom. The third kappa shape index (κ3) is 4.77. The second-order valence-corrected chi connectivity index (χ2v) is 7.82. The van der Waals surface area contributed by atoms with Gasteiger partial charge >= 0.3 is 0 Å². The van der Waals surface area contributed by atoms with Crippen LogP contribution >= 0.6 is 0 Å². The van der Waals surface area contributed by atoms with Crippen molar-refractivity contribution in [1.82, 2.24) is 15.3 Å². The summed E-state index contributed by atoms with van der Waals surface area (Å²) >= 11 is 0. The van der Waals surface area contributed by atoms with Gasteiger partial charge in [-0.05, 0) is 57.1 Å². The molecular weight excluding hydrogens is 356 g/mol. The molecule has 1 aromatic carbocycles. The van der Waals surface area contributed by atoms with Crippen LogP contribution in [-0.4, -0.2) is 52.4 Å². The molecule has 2 aromatic rings. The standard InChI is InChI=1S/C21H28N4O3/c26-17-8-6-16(7-9-17)24-21-23-12-15-5-4-14(11-19(15)25-21)20(27)22-13-18-3-1-2-10-28-18/h4-5,11-12,16-18,26H,1-3,6-10,13H2,(H,22,27)(H,23,24,25). The molecule has 0 bridgehead atoms. The van der Waals surface area contributed by atoms with Crippen LogP contribution in [0.5, 0.6) is 0 Å². The molecule has 2 fully saturated rings. The molecular formula is C21H28N4O3. The van der Waals surface area contributed by atoms with Gasteiger partial charge in [-0.15, -0.1) is 0 Å². The number of nitrogens with zero attached hydrogens (tertiary/aromatic N) is 2. The summed E-state index contributed by atoms with van der Waals surface area (Å²) in [6.07, 6.45) is 8.40. The molecule has 28 heavy (non-hydrogen) atoms. The van der Waals surface area contributed by atoms with Crippen molar-refractivity contribution in [1.29, 1.82) is 0 Å². The monoisotopic (exact) mass is 384 g/mol. The van der Waals surface area contributed by atoms with Crippen LogP contribution in [-0.2, 0) is 4.74 Å². The average Bonchev–Trinajstić information content (AvgIpc) is 2.74. The number of carbonyl (C=O) groups is 1. The third-order valence-corrected chi connectivity index (χ3v) is 5.64. The van der Waals surface area contributed by atoms with Gasteiger partial charge in [0.15, 0.2) is 0 Å². The molecule has 150 valence electrons. The van der Waals surface area contributed by atoms with Crippen molar-refractivity contribution in [3.63, 3.8) is 0 Å². The van der Waals surface area contributed by atoms with E-state index >= 15 is 0 Å². The summed E-state index contributed by atoms with van der Waals surface area (Å²) in [5, 5.41) is 16.9. The van der Waals surface area contributed by atoms with Crippen LogP contribution in [0.4, 0.5) is 5.95 Å². The normalized spacial score (nSPS) is 25.4. The topological polar surface area (TPSA) is 96.4 Å². The smallest absolute Gasteiger partial charge is 0.251 e. The lowest BCUT2D eigenvalue weighted by atomic mass is 9.93. The molecule has 0 radical (unpaired) electrons. The number of hydrogen-bond acceptors (Lipinski definition) is 6. The Bertz CT molecular complexity index is 814. The lowest BCUT2D eigenvalue weighted by molar-refractivity contribution is 0.0169. The second kappa shape index (κ2) is 8.84. The predicted octanol–water partition coefficient (Wildman–Crippen LogP) is 2.64. The maximum absolute atomic E-state index is 12.5. The number of benzene rings is 1. The zero-order valence-corrected chi connectivity index (χ0v) is 16.1. The first-order chi connectivity index (χ1) is 13.7. The summed E-state index contributed by atoms with van der Waals surface area (Å²) in [5.74, 6) is 0.465. The van der Waals surface area contributed by atoms with Gasteiger partial charge in [0.2, 0.25) is 5.95 Å². The van der Waals surface area contributed by atoms with Crippen LogP contribution < -0.4 is 10.6 Å². The van der Waals surface area contributed by atoms with E-state index in [1.165, 1.54) is 0 Å². The van der Waals surface area contributed by atoms with Crippen LogP contribution in [0.15, 0.2) is 24.4 Å². The van der Waals surface area contributed by atoms with Crippen molar-refractivity contribution in [2.75, 3.05) is 18.5 Å². The Kier molecular flexibility index (Phi) is 6.02. The van der Waals surface area contributed by atoms with E-state index in [9.17, 15) is 9.90 Å². The van der Waals surface area contributed by atoms with Crippen LogP contribution in [0, 0.1) is 0 Å². The molecule has 1 saturated heterocycles. The van der Waals surface area contributed by atoms with Gasteiger partial charge in [0.1, 0.15) is 0 Å². The number of aliphatic hydroxyl groups excluding tert-OH is 1. The molecule has 1 aromatic heterocycles. The fraction of sp³-hybridized carbons (Fsp3) is 0.571. The number of aliphatic hydroxyl groups is 1. The van der Waals surface area contributed by atoms with Crippen molar-refractivity contribution in [3.05, 3.63) is 30.0 Å². The van der Waals surface area contributed by atoms with Gasteiger partial charge in [-0.2, -0.15) is 0 Å². The quantitative estimate of drug-likeness (QED) is 0.733. The maximum Gasteiger partial charge on any atom is 0.251 e. The first kappa shape index (κ1) is 19.1. The Hall–Kier alpha value is -2.25. The van der Waals surface area contributed by atoms with Gasteiger partial charge in [0.05, 0.1) is 17.7 Å². The number of carbonyl (C=O) groups excluding carboxylic acids is 1. The van der Waals surface area contributed by atoms with E-state index in [0.29, 0.717) is 18.1 Å². The summed E-state index contributed by atoms with van der Waals surface area (Å²) in [6.45, 7) is 1.32. The van der Waals surface area contributed by atoms with E-state index in [-0.39, 0.29) is 24.2 Å². The van der Waals surface area contributed by atoms with Gasteiger partial charge in [-0.1, -0.05) is 6.07 Å². The van der Waals surface area contributed by atoms with E-state index in [2.05, 4.69) is 20.6 Å². The highest BCUT2D eigenvalue weighted by Crippen LogP contribution is 2.22. The van der Waals surface area contributed by atoms with Crippen molar-refractivity contribution in [2.24, 2.45) is 0 Å². The number of nitrogens with one attached hydrogen (secondary N) is 2. The summed E-state index contributed by atoms with van der Waals surface area (Å²) < 4.78 is 5.67. The largest absolute Gasteiger partial charge is 0.393 e. The highest BCUT2D eigenvalue weighted by Gasteiger charge is 2.20. The summed E-state index contributed by atoms with van der Waals surface area (Å²) in [7, 11) is 0. The van der Waals surface area contributed by atoms with Crippen LogP contribution in [0.25, 0.3) is 10.9 Å². The molecule has 4 rings (SSSR count). The molecule has 7 heteroatoms. The molecule has 1 aliphatic heterocycles. The molecule has 2 heterocycles. The molecule has 7 nitrogen and oxygen atoms in total. The number of ether oxygens (including phenoxy) is 1. The number of anilines is 1. The molecule has 1 aliphatic carbocycles. The van der Waals surface area contributed by atoms with Gasteiger partial charge in [-0.3, -0.25) is 4.79 Å². The molecule has 1 saturated carbocycles. The van der Waals surface area contributed by atoms with Crippen molar-refractivity contribution >= 4 is 22.8 Å². The van der Waals surface area contributed by atoms with Crippen LogP contribution in [0.3, 0.4) is 0 Å². The third-order valence-electron chi connectivity index (χ3n) is 5.64. The summed E-state index contributed by atoms with van der Waals surface area (Å²) in [5.41, 5.74) is 1.34. The maximum atomic E-state index is 12.5. The van der Waals surface area contributed by atoms with Crippen molar-refractivity contribution < 1.29 is 14.6 Å². The van der Waals surface area contributed by atoms with Crippen molar-refractivity contribution in [3.8, 4) is 0 Å². The fourth-order valence-corrected chi connectivity index (χ4v) is 3.91. The first-order valence-electron chi connectivity index (χ1n) is 10.3. The lowest BCUT2D eigenvalue weighted by Crippen LogP contribution is -2.35. The van der Waals surface area contributed by atoms with Crippen molar-refractivity contribution in [2.45, 2.75) is 63.2 Å². The Morgan fingerprint density at radius 2 is 2.04 bits per heavy atom. The Morgan fingerprint density at radius 3 is 2.82 bits per heavy atom. The van der Waals surface area contributed by atoms with Gasteiger partial charge < -0.3 is 20.5 Å². The van der Waals surface area contributed by atoms with Crippen LogP contribution in [0.1, 0.15) is 55.3 Å². The number of fused-ring (bicyclic) bond motifs is 1. The molecule has 3 N–H and O–H groups in total. The summed E-state index contributed by atoms with van der Waals surface area (Å²) in [4.78, 5) is 21.5. The number of rotatable bonds is 5. The molecule has 0 spiro atoms. The van der Waals surface area contributed by atoms with Gasteiger partial charge in [-0.25, -0.2) is 9.97 Å². The number of amides is 1. The number of hydrogen-bond donors (Lipinski definition) is 3. The molecule has 2 aliphatic rings. The minimum atomic E-state index is -0.185. The fourth-order valence-electron chi connectivity index (χ4n) is 3.91. The summed E-state index contributed by atoms with van der Waals surface area (Å²) in [6, 6.07) is 5.77. The zero-order valence-electron chi connectivity index (χ0n) is 16.1. The second-order valence-electron chi connectivity index (χ2n) is 7.82. The van der Waals surface area contributed by atoms with E-state index in [0.717, 1.165) is 62.5 Å². The molecule has 1 amide bonds. The lowest BCUT2D eigenvalue weighted by Gasteiger charge is -2.26.